The Kier molecular flexibility index (Phi) is 4.82. The van der Waals surface area contributed by atoms with Gasteiger partial charge in [0.1, 0.15) is 11.6 Å². The van der Waals surface area contributed by atoms with Crippen molar-refractivity contribution < 1.29 is 9.90 Å². The van der Waals surface area contributed by atoms with E-state index in [0.29, 0.717) is 48.2 Å². The summed E-state index contributed by atoms with van der Waals surface area (Å²) >= 11 is 0. The highest BCUT2D eigenvalue weighted by atomic mass is 16.3. The quantitative estimate of drug-likeness (QED) is 0.398. The van der Waals surface area contributed by atoms with E-state index in [-0.39, 0.29) is 17.3 Å². The van der Waals surface area contributed by atoms with Crippen LogP contribution in [0.2, 0.25) is 0 Å². The van der Waals surface area contributed by atoms with E-state index in [0.717, 1.165) is 5.56 Å². The number of aliphatic hydroxyl groups is 1. The van der Waals surface area contributed by atoms with Crippen LogP contribution in [-0.2, 0) is 4.79 Å². The molecule has 0 aromatic carbocycles. The van der Waals surface area contributed by atoms with E-state index < -0.39 is 17.4 Å². The molecule has 4 aromatic rings. The minimum atomic E-state index is -1.07. The monoisotopic (exact) mass is 435 g/mol. The first-order chi connectivity index (χ1) is 15.4. The number of H-pyrrole nitrogens is 2. The SMILES string of the molecule is C[C@@H](O)C(=O)N1CCC(n2c(=O)[nH]c(=O)c3cnc4ccc(-c5cn[nH]c5)nc4c32)CC1. The first-order valence-electron chi connectivity index (χ1n) is 10.3. The summed E-state index contributed by atoms with van der Waals surface area (Å²) in [6.07, 6.45) is 4.75. The highest BCUT2D eigenvalue weighted by Crippen LogP contribution is 2.28. The number of likely N-dealkylation sites (tertiary alicyclic amines) is 1. The van der Waals surface area contributed by atoms with E-state index >= 15 is 0 Å². The average Bonchev–Trinajstić information content (AvgIpc) is 3.33. The Balaban J connectivity index is 1.67. The minimum absolute atomic E-state index is 0.245. The molecular formula is C21H21N7O4. The molecule has 4 aromatic heterocycles. The van der Waals surface area contributed by atoms with Crippen molar-refractivity contribution in [2.45, 2.75) is 31.9 Å². The van der Waals surface area contributed by atoms with Crippen LogP contribution in [0.3, 0.4) is 0 Å². The van der Waals surface area contributed by atoms with Gasteiger partial charge < -0.3 is 10.0 Å². The molecule has 32 heavy (non-hydrogen) atoms. The minimum Gasteiger partial charge on any atom is -0.384 e. The zero-order chi connectivity index (χ0) is 22.4. The van der Waals surface area contributed by atoms with E-state index in [4.69, 9.17) is 4.98 Å². The molecule has 5 heterocycles. The fraction of sp³-hybridized carbons (Fsp3) is 0.333. The van der Waals surface area contributed by atoms with Gasteiger partial charge in [-0.15, -0.1) is 0 Å². The van der Waals surface area contributed by atoms with E-state index in [9.17, 15) is 19.5 Å². The third-order valence-electron chi connectivity index (χ3n) is 5.90. The molecule has 11 heteroatoms. The maximum absolute atomic E-state index is 13.0. The molecule has 0 spiro atoms. The number of carbonyl (C=O) groups is 1. The molecule has 0 aliphatic carbocycles. The second-order valence-electron chi connectivity index (χ2n) is 7.93. The molecule has 0 saturated carbocycles. The second kappa shape index (κ2) is 7.68. The van der Waals surface area contributed by atoms with Crippen LogP contribution in [0.15, 0.2) is 40.3 Å². The summed E-state index contributed by atoms with van der Waals surface area (Å²) in [5.41, 5.74) is 1.80. The van der Waals surface area contributed by atoms with Crippen LogP contribution in [0.1, 0.15) is 25.8 Å². The van der Waals surface area contributed by atoms with Gasteiger partial charge >= 0.3 is 5.69 Å². The number of nitrogens with one attached hydrogen (secondary N) is 2. The van der Waals surface area contributed by atoms with E-state index in [2.05, 4.69) is 20.2 Å². The molecule has 1 aliphatic heterocycles. The summed E-state index contributed by atoms with van der Waals surface area (Å²) in [5, 5.41) is 16.6. The maximum Gasteiger partial charge on any atom is 0.329 e. The van der Waals surface area contributed by atoms with E-state index in [1.165, 1.54) is 13.1 Å². The number of hydrogen-bond acceptors (Lipinski definition) is 7. The molecule has 1 atom stereocenters. The number of aromatic amines is 2. The van der Waals surface area contributed by atoms with Crippen LogP contribution in [0.25, 0.3) is 33.2 Å². The number of aliphatic hydroxyl groups excluding tert-OH is 1. The van der Waals surface area contributed by atoms with Crippen molar-refractivity contribution in [2.75, 3.05) is 13.1 Å². The molecule has 0 bridgehead atoms. The van der Waals surface area contributed by atoms with Gasteiger partial charge in [-0.25, -0.2) is 9.78 Å². The van der Waals surface area contributed by atoms with Gasteiger partial charge in [-0.3, -0.25) is 29.2 Å². The fourth-order valence-corrected chi connectivity index (χ4v) is 4.30. The number of piperidine rings is 1. The van der Waals surface area contributed by atoms with Gasteiger partial charge in [0, 0.05) is 37.1 Å². The first-order valence-corrected chi connectivity index (χ1v) is 10.3. The van der Waals surface area contributed by atoms with Gasteiger partial charge in [0.25, 0.3) is 11.5 Å². The molecular weight excluding hydrogens is 414 g/mol. The van der Waals surface area contributed by atoms with Crippen molar-refractivity contribution in [1.29, 1.82) is 0 Å². The summed E-state index contributed by atoms with van der Waals surface area (Å²) in [7, 11) is 0. The summed E-state index contributed by atoms with van der Waals surface area (Å²) in [4.78, 5) is 50.7. The summed E-state index contributed by atoms with van der Waals surface area (Å²) in [6.45, 7) is 2.24. The Morgan fingerprint density at radius 2 is 2.00 bits per heavy atom. The molecule has 5 rings (SSSR count). The Hall–Kier alpha value is -3.86. The number of aromatic nitrogens is 6. The standard InChI is InChI=1S/C21H21N7O4/c1-11(29)20(31)27-6-4-13(5-7-27)28-18-14(19(30)26-21(28)32)10-22-16-3-2-15(25-17(16)18)12-8-23-24-9-12/h2-3,8-11,13,29H,4-7H2,1H3,(H,23,24)(H,26,30,32)/t11-/m1/s1. The van der Waals surface area contributed by atoms with Crippen molar-refractivity contribution in [3.8, 4) is 11.3 Å². The van der Waals surface area contributed by atoms with Crippen molar-refractivity contribution in [3.63, 3.8) is 0 Å². The number of hydrogen-bond donors (Lipinski definition) is 3. The van der Waals surface area contributed by atoms with Crippen molar-refractivity contribution in [1.82, 2.24) is 34.6 Å². The largest absolute Gasteiger partial charge is 0.384 e. The molecule has 1 amide bonds. The lowest BCUT2D eigenvalue weighted by atomic mass is 10.0. The van der Waals surface area contributed by atoms with Crippen molar-refractivity contribution in [2.24, 2.45) is 0 Å². The molecule has 0 radical (unpaired) electrons. The third-order valence-corrected chi connectivity index (χ3v) is 5.90. The smallest absolute Gasteiger partial charge is 0.329 e. The number of amides is 1. The van der Waals surface area contributed by atoms with Gasteiger partial charge in [0.15, 0.2) is 0 Å². The van der Waals surface area contributed by atoms with Gasteiger partial charge in [0.05, 0.1) is 28.3 Å². The zero-order valence-corrected chi connectivity index (χ0v) is 17.3. The van der Waals surface area contributed by atoms with Gasteiger partial charge in [-0.1, -0.05) is 0 Å². The molecule has 11 nitrogen and oxygen atoms in total. The van der Waals surface area contributed by atoms with Crippen LogP contribution in [0.4, 0.5) is 0 Å². The van der Waals surface area contributed by atoms with Crippen LogP contribution in [-0.4, -0.2) is 64.8 Å². The predicted molar refractivity (Wildman–Crippen MR) is 116 cm³/mol. The summed E-state index contributed by atoms with van der Waals surface area (Å²) < 4.78 is 1.57. The fourth-order valence-electron chi connectivity index (χ4n) is 4.30. The summed E-state index contributed by atoms with van der Waals surface area (Å²) in [5.74, 6) is -0.330. The van der Waals surface area contributed by atoms with E-state index in [1.54, 1.807) is 27.9 Å². The third kappa shape index (κ3) is 3.26. The highest BCUT2D eigenvalue weighted by Gasteiger charge is 2.28. The number of carbonyl (C=O) groups excluding carboxylic acids is 1. The Labute approximate surface area is 180 Å². The first kappa shape index (κ1) is 20.1. The number of fused-ring (bicyclic) bond motifs is 3. The Morgan fingerprint density at radius 1 is 1.22 bits per heavy atom. The topological polar surface area (TPSA) is 150 Å². The second-order valence-corrected chi connectivity index (χ2v) is 7.93. The van der Waals surface area contributed by atoms with Crippen LogP contribution >= 0.6 is 0 Å². The van der Waals surface area contributed by atoms with E-state index in [1.807, 2.05) is 6.07 Å². The van der Waals surface area contributed by atoms with Crippen LogP contribution in [0.5, 0.6) is 0 Å². The molecule has 1 saturated heterocycles. The molecule has 1 aliphatic rings. The molecule has 164 valence electrons. The zero-order valence-electron chi connectivity index (χ0n) is 17.3. The summed E-state index contributed by atoms with van der Waals surface area (Å²) in [6, 6.07) is 3.36. The van der Waals surface area contributed by atoms with Crippen LogP contribution in [0, 0.1) is 0 Å². The van der Waals surface area contributed by atoms with Gasteiger partial charge in [-0.05, 0) is 31.9 Å². The molecule has 3 N–H and O–H groups in total. The number of rotatable bonds is 3. The Morgan fingerprint density at radius 3 is 2.69 bits per heavy atom. The number of nitrogens with zero attached hydrogens (tertiary/aromatic N) is 5. The van der Waals surface area contributed by atoms with Gasteiger partial charge in [-0.2, -0.15) is 5.10 Å². The normalized spacial score (nSPS) is 16.0. The lowest BCUT2D eigenvalue weighted by molar-refractivity contribution is -0.140. The molecule has 1 fully saturated rings. The predicted octanol–water partition coefficient (Wildman–Crippen LogP) is 0.567. The van der Waals surface area contributed by atoms with Gasteiger partial charge in [0.2, 0.25) is 0 Å². The van der Waals surface area contributed by atoms with Crippen molar-refractivity contribution >= 4 is 27.8 Å². The van der Waals surface area contributed by atoms with Crippen LogP contribution < -0.4 is 11.2 Å². The lowest BCUT2D eigenvalue weighted by Gasteiger charge is -2.34. The number of pyridine rings is 2. The lowest BCUT2D eigenvalue weighted by Crippen LogP contribution is -2.45. The Bertz CT molecular complexity index is 1430. The highest BCUT2D eigenvalue weighted by molar-refractivity contribution is 6.01. The van der Waals surface area contributed by atoms with Crippen molar-refractivity contribution in [3.05, 3.63) is 51.6 Å². The average molecular weight is 435 g/mol. The maximum atomic E-state index is 13.0. The molecule has 0 unspecified atom stereocenters.